The highest BCUT2D eigenvalue weighted by molar-refractivity contribution is 7.86. The first-order valence-electron chi connectivity index (χ1n) is 8.55. The summed E-state index contributed by atoms with van der Waals surface area (Å²) in [5, 5.41) is 10.4. The van der Waals surface area contributed by atoms with Crippen LogP contribution in [0.4, 0.5) is 0 Å². The molecule has 0 aliphatic carbocycles. The van der Waals surface area contributed by atoms with Gasteiger partial charge in [0.1, 0.15) is 11.5 Å². The Hall–Kier alpha value is -2.87. The molecule has 0 radical (unpaired) electrons. The summed E-state index contributed by atoms with van der Waals surface area (Å²) in [5.41, 5.74) is 0.906. The number of aliphatic hydroxyl groups is 1. The molecule has 28 heavy (non-hydrogen) atoms. The van der Waals surface area contributed by atoms with Crippen molar-refractivity contribution < 1.29 is 27.2 Å². The van der Waals surface area contributed by atoms with Crippen molar-refractivity contribution in [2.45, 2.75) is 24.4 Å². The zero-order valence-electron chi connectivity index (χ0n) is 15.1. The fourth-order valence-corrected chi connectivity index (χ4v) is 3.30. The first-order chi connectivity index (χ1) is 13.4. The van der Waals surface area contributed by atoms with Gasteiger partial charge in [0.15, 0.2) is 0 Å². The van der Waals surface area contributed by atoms with Gasteiger partial charge in [-0.05, 0) is 43.3 Å². The predicted octanol–water partition coefficient (Wildman–Crippen LogP) is 3.50. The van der Waals surface area contributed by atoms with E-state index in [9.17, 15) is 13.5 Å². The van der Waals surface area contributed by atoms with Gasteiger partial charge in [0.05, 0.1) is 4.90 Å². The monoisotopic (exact) mass is 400 g/mol. The third-order valence-corrected chi connectivity index (χ3v) is 5.05. The van der Waals surface area contributed by atoms with Crippen LogP contribution in [0.1, 0.15) is 5.56 Å². The summed E-state index contributed by atoms with van der Waals surface area (Å²) in [7, 11) is -4.20. The third kappa shape index (κ3) is 5.32. The lowest BCUT2D eigenvalue weighted by Gasteiger charge is -2.24. The minimum absolute atomic E-state index is 0.0494. The van der Waals surface area contributed by atoms with Crippen LogP contribution >= 0.6 is 0 Å². The average Bonchev–Trinajstić information content (AvgIpc) is 2.69. The van der Waals surface area contributed by atoms with Crippen molar-refractivity contribution in [3.63, 3.8) is 0 Å². The molecule has 0 aliphatic rings. The van der Waals surface area contributed by atoms with Gasteiger partial charge in [-0.1, -0.05) is 54.1 Å². The maximum atomic E-state index is 12.6. The SMILES string of the molecule is Cc1ccc(S(=O)(=O)O[C@@H](Oc2ccccc2)[C@H](O)Oc2ccccc2)cc1. The molecule has 3 aromatic carbocycles. The number of hydrogen-bond acceptors (Lipinski definition) is 6. The lowest BCUT2D eigenvalue weighted by Crippen LogP contribution is -2.40. The molecule has 0 amide bonds. The maximum absolute atomic E-state index is 12.6. The van der Waals surface area contributed by atoms with Crippen molar-refractivity contribution in [1.29, 1.82) is 0 Å². The Morgan fingerprint density at radius 2 is 1.25 bits per heavy atom. The molecule has 0 aliphatic heterocycles. The standard InChI is InChI=1S/C21H20O6S/c1-16-12-14-19(15-13-16)28(23,24)27-21(26-18-10-6-3-7-11-18)20(22)25-17-8-4-2-5-9-17/h2-15,20-22H,1H3/t20-,21-/m1/s1. The second-order valence-electron chi connectivity index (χ2n) is 5.98. The summed E-state index contributed by atoms with van der Waals surface area (Å²) in [6, 6.07) is 23.1. The smallest absolute Gasteiger partial charge is 0.300 e. The Balaban J connectivity index is 1.83. The van der Waals surface area contributed by atoms with E-state index in [1.807, 2.05) is 6.92 Å². The fraction of sp³-hybridized carbons (Fsp3) is 0.143. The molecule has 3 aromatic rings. The second-order valence-corrected chi connectivity index (χ2v) is 7.56. The van der Waals surface area contributed by atoms with Crippen LogP contribution in [0.15, 0.2) is 89.8 Å². The number of aryl methyl sites for hydroxylation is 1. The van der Waals surface area contributed by atoms with Crippen LogP contribution in [0.3, 0.4) is 0 Å². The van der Waals surface area contributed by atoms with Gasteiger partial charge in [0, 0.05) is 0 Å². The number of benzene rings is 3. The molecule has 0 heterocycles. The summed E-state index contributed by atoms with van der Waals surface area (Å²) < 4.78 is 41.4. The van der Waals surface area contributed by atoms with Crippen LogP contribution in [0, 0.1) is 6.92 Å². The van der Waals surface area contributed by atoms with Gasteiger partial charge in [0.25, 0.3) is 12.6 Å². The molecule has 0 spiro atoms. The zero-order valence-corrected chi connectivity index (χ0v) is 16.0. The second kappa shape index (κ2) is 8.88. The third-order valence-electron chi connectivity index (χ3n) is 3.76. The molecule has 0 aromatic heterocycles. The van der Waals surface area contributed by atoms with Crippen molar-refractivity contribution in [2.75, 3.05) is 0 Å². The van der Waals surface area contributed by atoms with Gasteiger partial charge < -0.3 is 14.6 Å². The topological polar surface area (TPSA) is 82.1 Å². The highest BCUT2D eigenvalue weighted by atomic mass is 32.2. The van der Waals surface area contributed by atoms with Crippen LogP contribution in [-0.4, -0.2) is 26.1 Å². The molecule has 0 fully saturated rings. The van der Waals surface area contributed by atoms with E-state index in [0.717, 1.165) is 5.56 Å². The summed E-state index contributed by atoms with van der Waals surface area (Å²) in [6.07, 6.45) is -3.31. The Bertz CT molecular complexity index is 972. The molecular formula is C21H20O6S. The first kappa shape index (κ1) is 19.9. The molecule has 0 saturated carbocycles. The van der Waals surface area contributed by atoms with Crippen LogP contribution in [0.25, 0.3) is 0 Å². The van der Waals surface area contributed by atoms with Crippen LogP contribution in [0.2, 0.25) is 0 Å². The molecule has 7 heteroatoms. The quantitative estimate of drug-likeness (QED) is 0.460. The molecule has 1 N–H and O–H groups in total. The minimum Gasteiger partial charge on any atom is -0.458 e. The van der Waals surface area contributed by atoms with Gasteiger partial charge in [-0.2, -0.15) is 8.42 Å². The van der Waals surface area contributed by atoms with E-state index < -0.39 is 22.7 Å². The summed E-state index contributed by atoms with van der Waals surface area (Å²) in [4.78, 5) is -0.0494. The first-order valence-corrected chi connectivity index (χ1v) is 9.96. The Morgan fingerprint density at radius 1 is 0.750 bits per heavy atom. The van der Waals surface area contributed by atoms with E-state index in [4.69, 9.17) is 13.7 Å². The molecule has 0 bridgehead atoms. The van der Waals surface area contributed by atoms with Crippen molar-refractivity contribution in [1.82, 2.24) is 0 Å². The van der Waals surface area contributed by atoms with E-state index >= 15 is 0 Å². The van der Waals surface area contributed by atoms with Crippen LogP contribution < -0.4 is 9.47 Å². The number of rotatable bonds is 8. The Labute approximate surface area is 164 Å². The lowest BCUT2D eigenvalue weighted by molar-refractivity contribution is -0.166. The molecule has 6 nitrogen and oxygen atoms in total. The van der Waals surface area contributed by atoms with Crippen LogP contribution in [0.5, 0.6) is 11.5 Å². The summed E-state index contributed by atoms with van der Waals surface area (Å²) in [5.74, 6) is 0.662. The average molecular weight is 400 g/mol. The van der Waals surface area contributed by atoms with Crippen molar-refractivity contribution in [3.05, 3.63) is 90.5 Å². The number of para-hydroxylation sites is 2. The molecule has 3 rings (SSSR count). The number of aliphatic hydroxyl groups excluding tert-OH is 1. The van der Waals surface area contributed by atoms with E-state index in [1.54, 1.807) is 72.8 Å². The van der Waals surface area contributed by atoms with Gasteiger partial charge in [-0.3, -0.25) is 0 Å². The van der Waals surface area contributed by atoms with Gasteiger partial charge >= 0.3 is 10.1 Å². The fourth-order valence-electron chi connectivity index (χ4n) is 2.34. The van der Waals surface area contributed by atoms with Crippen LogP contribution in [-0.2, 0) is 14.3 Å². The van der Waals surface area contributed by atoms with E-state index in [2.05, 4.69) is 0 Å². The summed E-state index contributed by atoms with van der Waals surface area (Å²) >= 11 is 0. The predicted molar refractivity (Wildman–Crippen MR) is 103 cm³/mol. The van der Waals surface area contributed by atoms with Gasteiger partial charge in [-0.15, -0.1) is 0 Å². The summed E-state index contributed by atoms with van der Waals surface area (Å²) in [6.45, 7) is 1.84. The Morgan fingerprint density at radius 3 is 1.79 bits per heavy atom. The number of ether oxygens (including phenoxy) is 2. The Kier molecular flexibility index (Phi) is 6.30. The maximum Gasteiger partial charge on any atom is 0.300 e. The highest BCUT2D eigenvalue weighted by Gasteiger charge is 2.31. The molecule has 0 saturated heterocycles. The van der Waals surface area contributed by atoms with Crippen molar-refractivity contribution >= 4 is 10.1 Å². The normalized spacial score (nSPS) is 13.5. The van der Waals surface area contributed by atoms with Crippen molar-refractivity contribution in [3.8, 4) is 11.5 Å². The number of hydrogen-bond donors (Lipinski definition) is 1. The van der Waals surface area contributed by atoms with Gasteiger partial charge in [0.2, 0.25) is 0 Å². The van der Waals surface area contributed by atoms with E-state index in [-0.39, 0.29) is 4.90 Å². The molecule has 2 atom stereocenters. The molecular weight excluding hydrogens is 380 g/mol. The largest absolute Gasteiger partial charge is 0.458 e. The zero-order chi connectivity index (χ0) is 20.0. The molecule has 0 unspecified atom stereocenters. The van der Waals surface area contributed by atoms with E-state index in [1.165, 1.54) is 12.1 Å². The minimum atomic E-state index is -4.20. The molecule has 146 valence electrons. The lowest BCUT2D eigenvalue weighted by atomic mass is 10.2. The van der Waals surface area contributed by atoms with Gasteiger partial charge in [-0.25, -0.2) is 4.18 Å². The highest BCUT2D eigenvalue weighted by Crippen LogP contribution is 2.21. The van der Waals surface area contributed by atoms with E-state index in [0.29, 0.717) is 11.5 Å². The van der Waals surface area contributed by atoms with Crippen molar-refractivity contribution in [2.24, 2.45) is 0 Å².